The molecule has 2 aliphatic rings. The average Bonchev–Trinajstić information content (AvgIpc) is 3.01. The third-order valence-electron chi connectivity index (χ3n) is 8.95. The minimum atomic E-state index is -0.178. The van der Waals surface area contributed by atoms with Crippen molar-refractivity contribution in [3.05, 3.63) is 101 Å². The average molecular weight is 735 g/mol. The molecule has 0 bridgehead atoms. The van der Waals surface area contributed by atoms with Crippen LogP contribution in [0.2, 0.25) is 20.1 Å². The summed E-state index contributed by atoms with van der Waals surface area (Å²) in [5.41, 5.74) is 12.8. The zero-order valence-corrected chi connectivity index (χ0v) is 30.5. The second-order valence-corrected chi connectivity index (χ2v) is 14.7. The highest BCUT2D eigenvalue weighted by Gasteiger charge is 2.28. The number of aryl methyl sites for hydroxylation is 2. The lowest BCUT2D eigenvalue weighted by Crippen LogP contribution is -2.48. The monoisotopic (exact) mass is 732 g/mol. The van der Waals surface area contributed by atoms with Crippen molar-refractivity contribution in [2.45, 2.75) is 64.5 Å². The van der Waals surface area contributed by atoms with E-state index in [4.69, 9.17) is 57.9 Å². The van der Waals surface area contributed by atoms with Crippen molar-refractivity contribution in [3.8, 4) is 11.4 Å². The summed E-state index contributed by atoms with van der Waals surface area (Å²) >= 11 is 24.6. The van der Waals surface area contributed by atoms with Gasteiger partial charge in [0.15, 0.2) is 0 Å². The molecule has 0 unspecified atom stereocenters. The molecule has 2 saturated heterocycles. The fourth-order valence-electron chi connectivity index (χ4n) is 5.90. The van der Waals surface area contributed by atoms with Gasteiger partial charge in [0.1, 0.15) is 23.3 Å². The number of anilines is 2. The van der Waals surface area contributed by atoms with Crippen LogP contribution in [-0.2, 0) is 0 Å². The van der Waals surface area contributed by atoms with Gasteiger partial charge in [-0.3, -0.25) is 18.7 Å². The summed E-state index contributed by atoms with van der Waals surface area (Å²) < 4.78 is 2.96. The Morgan fingerprint density at radius 1 is 0.625 bits per heavy atom. The maximum Gasteiger partial charge on any atom is 0.260 e. The molecule has 0 radical (unpaired) electrons. The minimum absolute atomic E-state index is 0.144. The van der Waals surface area contributed by atoms with Gasteiger partial charge in [-0.1, -0.05) is 58.5 Å². The molecule has 10 nitrogen and oxygen atoms in total. The number of benzene rings is 2. The second kappa shape index (κ2) is 14.4. The van der Waals surface area contributed by atoms with E-state index in [1.807, 2.05) is 0 Å². The number of hydrogen-bond acceptors (Lipinski definition) is 8. The van der Waals surface area contributed by atoms with E-state index in [2.05, 4.69) is 33.6 Å². The van der Waals surface area contributed by atoms with E-state index >= 15 is 0 Å². The molecule has 2 fully saturated rings. The fraction of sp³-hybridized carbons (Fsp3) is 0.412. The topological polar surface area (TPSA) is 128 Å². The number of hydrogen-bond donors (Lipinski definition) is 2. The molecule has 0 saturated carbocycles. The SMILES string of the molecule is Cc1nc(N2CCC(C)(N)CC2)cc(=O)n1-c1cccc(Cl)c1Cl.Cc1nc(N2CCC(C)(N)CC2)cc(=O)n1-c1cccc(Cl)c1Cl. The van der Waals surface area contributed by atoms with Crippen molar-refractivity contribution >= 4 is 58.0 Å². The zero-order chi connectivity index (χ0) is 35.0. The third kappa shape index (κ3) is 8.01. The van der Waals surface area contributed by atoms with Crippen LogP contribution in [0, 0.1) is 13.8 Å². The molecule has 6 rings (SSSR count). The number of halogens is 4. The van der Waals surface area contributed by atoms with Gasteiger partial charge in [0, 0.05) is 49.4 Å². The maximum absolute atomic E-state index is 12.7. The Labute approximate surface area is 300 Å². The summed E-state index contributed by atoms with van der Waals surface area (Å²) in [6.45, 7) is 10.9. The number of aromatic nitrogens is 4. The Morgan fingerprint density at radius 2 is 0.958 bits per heavy atom. The smallest absolute Gasteiger partial charge is 0.260 e. The first-order chi connectivity index (χ1) is 22.6. The van der Waals surface area contributed by atoms with E-state index in [0.717, 1.165) is 51.9 Å². The number of piperidine rings is 2. The van der Waals surface area contributed by atoms with Crippen LogP contribution in [0.1, 0.15) is 51.2 Å². The molecule has 4 N–H and O–H groups in total. The molecule has 48 heavy (non-hydrogen) atoms. The quantitative estimate of drug-likeness (QED) is 0.249. The summed E-state index contributed by atoms with van der Waals surface area (Å²) in [5.74, 6) is 2.51. The highest BCUT2D eigenvalue weighted by Crippen LogP contribution is 2.30. The van der Waals surface area contributed by atoms with E-state index in [1.165, 1.54) is 9.13 Å². The molecular formula is C34H40Cl4N8O2. The minimum Gasteiger partial charge on any atom is -0.356 e. The number of nitrogens with zero attached hydrogens (tertiary/aromatic N) is 6. The first-order valence-corrected chi connectivity index (χ1v) is 17.3. The first-order valence-electron chi connectivity index (χ1n) is 15.7. The number of rotatable bonds is 4. The van der Waals surface area contributed by atoms with Crippen LogP contribution in [0.4, 0.5) is 11.6 Å². The molecule has 0 aliphatic carbocycles. The van der Waals surface area contributed by atoms with Gasteiger partial charge in [-0.15, -0.1) is 0 Å². The van der Waals surface area contributed by atoms with Gasteiger partial charge in [-0.05, 0) is 77.6 Å². The summed E-state index contributed by atoms with van der Waals surface area (Å²) in [5, 5.41) is 1.50. The molecule has 0 atom stereocenters. The van der Waals surface area contributed by atoms with E-state index in [9.17, 15) is 9.59 Å². The Morgan fingerprint density at radius 3 is 1.27 bits per heavy atom. The van der Waals surface area contributed by atoms with Crippen LogP contribution < -0.4 is 32.4 Å². The van der Waals surface area contributed by atoms with Gasteiger partial charge in [-0.25, -0.2) is 9.97 Å². The van der Waals surface area contributed by atoms with E-state index < -0.39 is 0 Å². The summed E-state index contributed by atoms with van der Waals surface area (Å²) in [6.07, 6.45) is 3.49. The Bertz CT molecular complexity index is 1780. The van der Waals surface area contributed by atoms with Gasteiger partial charge >= 0.3 is 0 Å². The molecule has 2 aliphatic heterocycles. The number of nitrogens with two attached hydrogens (primary N) is 2. The van der Waals surface area contributed by atoms with Crippen molar-refractivity contribution in [2.75, 3.05) is 36.0 Å². The molecule has 256 valence electrons. The highest BCUT2D eigenvalue weighted by atomic mass is 35.5. The first kappa shape index (κ1) is 36.2. The van der Waals surface area contributed by atoms with E-state index in [0.29, 0.717) is 54.7 Å². The standard InChI is InChI=1S/2C17H20Cl2N4O/c2*1-11-21-14(22-8-6-17(2,20)7-9-22)10-15(24)23(11)13-5-3-4-12(18)16(13)19/h2*3-5,10H,6-9,20H2,1-2H3. The van der Waals surface area contributed by atoms with Crippen molar-refractivity contribution < 1.29 is 0 Å². The van der Waals surface area contributed by atoms with Crippen molar-refractivity contribution in [1.82, 2.24) is 19.1 Å². The second-order valence-electron chi connectivity index (χ2n) is 13.1. The summed E-state index contributed by atoms with van der Waals surface area (Å²) in [4.78, 5) is 38.7. The zero-order valence-electron chi connectivity index (χ0n) is 27.4. The fourth-order valence-corrected chi connectivity index (χ4v) is 6.66. The normalized spacial score (nSPS) is 17.1. The van der Waals surface area contributed by atoms with Gasteiger partial charge in [0.25, 0.3) is 11.1 Å². The molecule has 0 spiro atoms. The van der Waals surface area contributed by atoms with Gasteiger partial charge < -0.3 is 21.3 Å². The third-order valence-corrected chi connectivity index (χ3v) is 10.6. The lowest BCUT2D eigenvalue weighted by atomic mass is 9.91. The Kier molecular flexibility index (Phi) is 10.8. The molecule has 14 heteroatoms. The lowest BCUT2D eigenvalue weighted by Gasteiger charge is -2.37. The summed E-state index contributed by atoms with van der Waals surface area (Å²) in [6, 6.07) is 13.5. The van der Waals surface area contributed by atoms with Crippen molar-refractivity contribution in [2.24, 2.45) is 11.5 Å². The largest absolute Gasteiger partial charge is 0.356 e. The van der Waals surface area contributed by atoms with Crippen LogP contribution in [0.25, 0.3) is 11.4 Å². The molecule has 0 amide bonds. The molecule has 4 aromatic rings. The van der Waals surface area contributed by atoms with Gasteiger partial charge in [0.2, 0.25) is 0 Å². The predicted molar refractivity (Wildman–Crippen MR) is 197 cm³/mol. The van der Waals surface area contributed by atoms with Crippen molar-refractivity contribution in [1.29, 1.82) is 0 Å². The Balaban J connectivity index is 0.000000188. The van der Waals surface area contributed by atoms with Crippen LogP contribution >= 0.6 is 46.4 Å². The van der Waals surface area contributed by atoms with Gasteiger partial charge in [0.05, 0.1) is 31.5 Å². The Hall–Kier alpha value is -3.12. The highest BCUT2D eigenvalue weighted by molar-refractivity contribution is 6.43. The van der Waals surface area contributed by atoms with Gasteiger partial charge in [-0.2, -0.15) is 0 Å². The lowest BCUT2D eigenvalue weighted by molar-refractivity contribution is 0.362. The molecule has 2 aromatic carbocycles. The summed E-state index contributed by atoms with van der Waals surface area (Å²) in [7, 11) is 0. The molecule has 4 heterocycles. The van der Waals surface area contributed by atoms with E-state index in [-0.39, 0.29) is 22.2 Å². The maximum atomic E-state index is 12.7. The van der Waals surface area contributed by atoms with Crippen molar-refractivity contribution in [3.63, 3.8) is 0 Å². The predicted octanol–water partition coefficient (Wildman–Crippen LogP) is 6.33. The van der Waals surface area contributed by atoms with Crippen LogP contribution in [0.5, 0.6) is 0 Å². The van der Waals surface area contributed by atoms with Crippen LogP contribution in [0.15, 0.2) is 58.1 Å². The van der Waals surface area contributed by atoms with E-state index in [1.54, 1.807) is 62.4 Å². The molecule has 2 aromatic heterocycles. The van der Waals surface area contributed by atoms with Crippen LogP contribution in [-0.4, -0.2) is 56.4 Å². The van der Waals surface area contributed by atoms with Crippen LogP contribution in [0.3, 0.4) is 0 Å². The molecular weight excluding hydrogens is 694 g/mol.